The normalized spacial score (nSPS) is 18.9. The summed E-state index contributed by atoms with van der Waals surface area (Å²) in [6, 6.07) is 11.6. The second kappa shape index (κ2) is 10.9. The zero-order chi connectivity index (χ0) is 25.1. The molecule has 0 saturated carbocycles. The van der Waals surface area contributed by atoms with Gasteiger partial charge in [0, 0.05) is 65.1 Å². The largest absolute Gasteiger partial charge is 0.369 e. The summed E-state index contributed by atoms with van der Waals surface area (Å²) in [6.45, 7) is 4.53. The highest BCUT2D eigenvalue weighted by molar-refractivity contribution is 6.42. The molecule has 2 fully saturated rings. The number of carbonyl (C=O) groups is 3. The Morgan fingerprint density at radius 2 is 1.69 bits per heavy atom. The predicted molar refractivity (Wildman–Crippen MR) is 133 cm³/mol. The quantitative estimate of drug-likeness (QED) is 0.414. The molecule has 2 heterocycles. The van der Waals surface area contributed by atoms with Gasteiger partial charge in [0.25, 0.3) is 5.91 Å². The zero-order valence-electron chi connectivity index (χ0n) is 19.4. The SMILES string of the molecule is CN(Cc1ccc(Cl)c(Cl)c1)C(=O)C1CN(CCN2CCN(c3ccc(F)cc3)CC2)C(=O)C1=O. The summed E-state index contributed by atoms with van der Waals surface area (Å²) in [5.41, 5.74) is 1.77. The van der Waals surface area contributed by atoms with Crippen molar-refractivity contribution in [2.75, 3.05) is 57.8 Å². The molecule has 4 rings (SSSR count). The third-order valence-electron chi connectivity index (χ3n) is 6.55. The Morgan fingerprint density at radius 3 is 2.34 bits per heavy atom. The summed E-state index contributed by atoms with van der Waals surface area (Å²) in [7, 11) is 1.60. The van der Waals surface area contributed by atoms with Gasteiger partial charge in [0.15, 0.2) is 0 Å². The van der Waals surface area contributed by atoms with E-state index in [2.05, 4.69) is 9.80 Å². The number of nitrogens with zero attached hydrogens (tertiary/aromatic N) is 4. The van der Waals surface area contributed by atoms with Crippen LogP contribution in [0.1, 0.15) is 5.56 Å². The first-order chi connectivity index (χ1) is 16.7. The maximum Gasteiger partial charge on any atom is 0.290 e. The highest BCUT2D eigenvalue weighted by Crippen LogP contribution is 2.24. The summed E-state index contributed by atoms with van der Waals surface area (Å²) in [6.07, 6.45) is 0. The first kappa shape index (κ1) is 25.4. The second-order valence-electron chi connectivity index (χ2n) is 8.92. The minimum atomic E-state index is -0.995. The summed E-state index contributed by atoms with van der Waals surface area (Å²) < 4.78 is 13.2. The molecule has 2 aliphatic heterocycles. The van der Waals surface area contributed by atoms with Gasteiger partial charge in [0.05, 0.1) is 10.0 Å². The standard InChI is InChI=1S/C25H27Cl2FN4O3/c1-29(15-17-2-7-21(26)22(27)14-17)24(34)20-16-32(25(35)23(20)33)13-10-30-8-11-31(12-9-30)19-5-3-18(28)4-6-19/h2-7,14,20H,8-13,15-16H2,1H3. The lowest BCUT2D eigenvalue weighted by Gasteiger charge is -2.36. The number of amides is 2. The molecule has 2 aromatic carbocycles. The molecule has 1 atom stereocenters. The first-order valence-electron chi connectivity index (χ1n) is 11.5. The van der Waals surface area contributed by atoms with Crippen molar-refractivity contribution in [2.24, 2.45) is 5.92 Å². The topological polar surface area (TPSA) is 64.2 Å². The van der Waals surface area contributed by atoms with E-state index < -0.39 is 17.6 Å². The maximum atomic E-state index is 13.2. The van der Waals surface area contributed by atoms with Crippen molar-refractivity contribution in [1.29, 1.82) is 0 Å². The number of benzene rings is 2. The fourth-order valence-electron chi connectivity index (χ4n) is 4.47. The van der Waals surface area contributed by atoms with Crippen molar-refractivity contribution in [3.8, 4) is 0 Å². The van der Waals surface area contributed by atoms with Crippen molar-refractivity contribution >= 4 is 46.5 Å². The van der Waals surface area contributed by atoms with E-state index in [9.17, 15) is 18.8 Å². The Hall–Kier alpha value is -2.68. The van der Waals surface area contributed by atoms with Crippen LogP contribution in [0.3, 0.4) is 0 Å². The molecule has 0 spiro atoms. The molecule has 0 aliphatic carbocycles. The Morgan fingerprint density at radius 1 is 1.00 bits per heavy atom. The highest BCUT2D eigenvalue weighted by Gasteiger charge is 2.44. The van der Waals surface area contributed by atoms with Crippen LogP contribution in [0.15, 0.2) is 42.5 Å². The van der Waals surface area contributed by atoms with Gasteiger partial charge >= 0.3 is 0 Å². The van der Waals surface area contributed by atoms with Gasteiger partial charge in [-0.3, -0.25) is 19.3 Å². The molecule has 0 aromatic heterocycles. The Bertz CT molecular complexity index is 1110. The number of piperazine rings is 1. The average Bonchev–Trinajstić information content (AvgIpc) is 3.14. The van der Waals surface area contributed by atoms with Crippen molar-refractivity contribution in [3.05, 3.63) is 63.9 Å². The molecule has 2 amide bonds. The number of carbonyl (C=O) groups excluding carboxylic acids is 3. The fourth-order valence-corrected chi connectivity index (χ4v) is 4.79. The van der Waals surface area contributed by atoms with Gasteiger partial charge < -0.3 is 14.7 Å². The van der Waals surface area contributed by atoms with Crippen LogP contribution in [0.5, 0.6) is 0 Å². The minimum absolute atomic E-state index is 0.0950. The molecule has 0 radical (unpaired) electrons. The third-order valence-corrected chi connectivity index (χ3v) is 7.28. The fraction of sp³-hybridized carbons (Fsp3) is 0.400. The molecule has 35 heavy (non-hydrogen) atoms. The molecule has 1 unspecified atom stereocenters. The van der Waals surface area contributed by atoms with Gasteiger partial charge in [-0.05, 0) is 42.0 Å². The lowest BCUT2D eigenvalue weighted by atomic mass is 10.1. The van der Waals surface area contributed by atoms with Crippen LogP contribution in [0.4, 0.5) is 10.1 Å². The van der Waals surface area contributed by atoms with Crippen molar-refractivity contribution in [3.63, 3.8) is 0 Å². The van der Waals surface area contributed by atoms with Crippen molar-refractivity contribution in [1.82, 2.24) is 14.7 Å². The Kier molecular flexibility index (Phi) is 7.94. The molecule has 10 heteroatoms. The molecular formula is C25H27Cl2FN4O3. The van der Waals surface area contributed by atoms with E-state index in [0.717, 1.165) is 37.4 Å². The number of hydrogen-bond donors (Lipinski definition) is 0. The van der Waals surface area contributed by atoms with Crippen LogP contribution in [0, 0.1) is 11.7 Å². The van der Waals surface area contributed by atoms with E-state index in [-0.39, 0.29) is 24.8 Å². The molecule has 2 aromatic rings. The predicted octanol–water partition coefficient (Wildman–Crippen LogP) is 2.94. The van der Waals surface area contributed by atoms with Gasteiger partial charge in [-0.1, -0.05) is 29.3 Å². The van der Waals surface area contributed by atoms with Crippen LogP contribution >= 0.6 is 23.2 Å². The van der Waals surface area contributed by atoms with Crippen LogP contribution < -0.4 is 4.90 Å². The summed E-state index contributed by atoms with van der Waals surface area (Å²) in [5, 5.41) is 0.815. The molecule has 2 saturated heterocycles. The second-order valence-corrected chi connectivity index (χ2v) is 9.73. The Labute approximate surface area is 214 Å². The molecule has 186 valence electrons. The van der Waals surface area contributed by atoms with Gasteiger partial charge in [0.2, 0.25) is 11.7 Å². The van der Waals surface area contributed by atoms with Crippen molar-refractivity contribution < 1.29 is 18.8 Å². The van der Waals surface area contributed by atoms with E-state index in [4.69, 9.17) is 23.2 Å². The summed E-state index contributed by atoms with van der Waals surface area (Å²) in [5.74, 6) is -2.89. The van der Waals surface area contributed by atoms with E-state index in [1.165, 1.54) is 21.9 Å². The third kappa shape index (κ3) is 5.94. The maximum absolute atomic E-state index is 13.2. The average molecular weight is 521 g/mol. The number of halogens is 3. The monoisotopic (exact) mass is 520 g/mol. The minimum Gasteiger partial charge on any atom is -0.369 e. The highest BCUT2D eigenvalue weighted by atomic mass is 35.5. The van der Waals surface area contributed by atoms with Gasteiger partial charge in [0.1, 0.15) is 11.7 Å². The zero-order valence-corrected chi connectivity index (χ0v) is 20.9. The van der Waals surface area contributed by atoms with E-state index in [0.29, 0.717) is 23.1 Å². The van der Waals surface area contributed by atoms with Crippen LogP contribution in [-0.4, -0.2) is 85.2 Å². The summed E-state index contributed by atoms with van der Waals surface area (Å²) in [4.78, 5) is 45.4. The number of ketones is 1. The lowest BCUT2D eigenvalue weighted by Crippen LogP contribution is -2.48. The summed E-state index contributed by atoms with van der Waals surface area (Å²) >= 11 is 12.0. The van der Waals surface area contributed by atoms with Crippen LogP contribution in [0.2, 0.25) is 10.0 Å². The first-order valence-corrected chi connectivity index (χ1v) is 12.2. The van der Waals surface area contributed by atoms with Gasteiger partial charge in [-0.15, -0.1) is 0 Å². The number of Topliss-reactive ketones (excluding diaryl/α,β-unsaturated/α-hetero) is 1. The Balaban J connectivity index is 1.26. The number of rotatable bonds is 7. The van der Waals surface area contributed by atoms with Gasteiger partial charge in [-0.2, -0.15) is 0 Å². The van der Waals surface area contributed by atoms with E-state index in [1.807, 2.05) is 0 Å². The van der Waals surface area contributed by atoms with E-state index in [1.54, 1.807) is 37.4 Å². The molecule has 0 bridgehead atoms. The number of hydrogen-bond acceptors (Lipinski definition) is 5. The molecule has 2 aliphatic rings. The van der Waals surface area contributed by atoms with E-state index >= 15 is 0 Å². The number of anilines is 1. The lowest BCUT2D eigenvalue weighted by molar-refractivity contribution is -0.144. The van der Waals surface area contributed by atoms with Crippen LogP contribution in [0.25, 0.3) is 0 Å². The molecule has 0 N–H and O–H groups in total. The molecule has 7 nitrogen and oxygen atoms in total. The van der Waals surface area contributed by atoms with Crippen molar-refractivity contribution in [2.45, 2.75) is 6.54 Å². The molecular weight excluding hydrogens is 494 g/mol. The smallest absolute Gasteiger partial charge is 0.290 e. The van der Waals surface area contributed by atoms with Crippen LogP contribution in [-0.2, 0) is 20.9 Å². The number of likely N-dealkylation sites (tertiary alicyclic amines) is 1. The van der Waals surface area contributed by atoms with Gasteiger partial charge in [-0.25, -0.2) is 4.39 Å².